The number of halogens is 1. The SMILES string of the molecule is N=C(N)c1ccc(CC(C(=O)NC(C(=O)NC(CCCN=C(N)N)C(=O)O)C2CCCCC2)c2cccc(Br)c2)cc1. The van der Waals surface area contributed by atoms with Crippen LogP contribution in [-0.4, -0.2) is 53.3 Å². The third-order valence-electron chi connectivity index (χ3n) is 7.53. The average Bonchev–Trinajstić information content (AvgIpc) is 2.96. The second-order valence-corrected chi connectivity index (χ2v) is 11.6. The van der Waals surface area contributed by atoms with Crippen LogP contribution in [0.25, 0.3) is 0 Å². The van der Waals surface area contributed by atoms with Gasteiger partial charge < -0.3 is 32.9 Å². The number of benzene rings is 2. The zero-order valence-electron chi connectivity index (χ0n) is 23.5. The quantitative estimate of drug-likeness (QED) is 0.0930. The monoisotopic (exact) mass is 641 g/mol. The lowest BCUT2D eigenvalue weighted by Crippen LogP contribution is -2.55. The standard InChI is InChI=1S/C30H40BrN7O4/c31-22-9-4-8-21(17-22)23(16-18-11-13-20(14-12-18)26(32)33)27(39)38-25(19-6-2-1-3-7-19)28(40)37-24(29(41)42)10-5-15-36-30(34)35/h4,8-9,11-14,17,19,23-25H,1-3,5-7,10,15-16H2,(H3,32,33)(H,37,40)(H,38,39)(H,41,42)(H4,34,35,36). The molecule has 11 nitrogen and oxygen atoms in total. The van der Waals surface area contributed by atoms with Gasteiger partial charge in [0.25, 0.3) is 0 Å². The van der Waals surface area contributed by atoms with E-state index in [1.807, 2.05) is 36.4 Å². The molecule has 0 heterocycles. The van der Waals surface area contributed by atoms with E-state index in [0.29, 0.717) is 18.4 Å². The number of nitrogens with zero attached hydrogens (tertiary/aromatic N) is 1. The third kappa shape index (κ3) is 9.86. The largest absolute Gasteiger partial charge is 0.480 e. The number of nitrogens with one attached hydrogen (secondary N) is 3. The number of carboxylic acid groups (broad SMARTS) is 1. The Morgan fingerprint density at radius 2 is 1.69 bits per heavy atom. The Labute approximate surface area is 254 Å². The summed E-state index contributed by atoms with van der Waals surface area (Å²) >= 11 is 3.49. The summed E-state index contributed by atoms with van der Waals surface area (Å²) in [5.41, 5.74) is 18.5. The maximum Gasteiger partial charge on any atom is 0.326 e. The summed E-state index contributed by atoms with van der Waals surface area (Å²) in [6.45, 7) is 0.243. The number of amides is 2. The fourth-order valence-corrected chi connectivity index (χ4v) is 5.70. The predicted octanol–water partition coefficient (Wildman–Crippen LogP) is 2.75. The van der Waals surface area contributed by atoms with E-state index in [9.17, 15) is 19.5 Å². The van der Waals surface area contributed by atoms with E-state index < -0.39 is 29.9 Å². The van der Waals surface area contributed by atoms with Crippen molar-refractivity contribution < 1.29 is 19.5 Å². The van der Waals surface area contributed by atoms with Crippen molar-refractivity contribution in [1.82, 2.24) is 10.6 Å². The highest BCUT2D eigenvalue weighted by atomic mass is 79.9. The Bertz CT molecular complexity index is 1270. The second-order valence-electron chi connectivity index (χ2n) is 10.7. The van der Waals surface area contributed by atoms with Crippen molar-refractivity contribution in [3.63, 3.8) is 0 Å². The summed E-state index contributed by atoms with van der Waals surface area (Å²) in [6, 6.07) is 12.6. The molecule has 1 saturated carbocycles. The molecule has 1 aliphatic rings. The molecule has 0 aliphatic heterocycles. The first kappa shape index (κ1) is 32.6. The number of aliphatic carboxylic acids is 1. The molecule has 3 unspecified atom stereocenters. The molecular formula is C30H40BrN7O4. The first-order valence-corrected chi connectivity index (χ1v) is 14.9. The van der Waals surface area contributed by atoms with Crippen molar-refractivity contribution >= 4 is 45.5 Å². The summed E-state index contributed by atoms with van der Waals surface area (Å²) in [5.74, 6) is -2.86. The highest BCUT2D eigenvalue weighted by Crippen LogP contribution is 2.29. The summed E-state index contributed by atoms with van der Waals surface area (Å²) < 4.78 is 0.816. The number of carboxylic acids is 1. The molecule has 2 aromatic carbocycles. The Hall–Kier alpha value is -3.93. The molecule has 1 fully saturated rings. The lowest BCUT2D eigenvalue weighted by molar-refractivity contribution is -0.142. The van der Waals surface area contributed by atoms with Crippen molar-refractivity contribution in [2.45, 2.75) is 69.4 Å². The number of carbonyl (C=O) groups is 3. The number of hydrogen-bond acceptors (Lipinski definition) is 5. The molecular weight excluding hydrogens is 602 g/mol. The number of hydrogen-bond donors (Lipinski definition) is 7. The normalized spacial score (nSPS) is 15.5. The molecule has 2 aromatic rings. The van der Waals surface area contributed by atoms with Crippen LogP contribution < -0.4 is 27.8 Å². The van der Waals surface area contributed by atoms with Gasteiger partial charge in [-0.05, 0) is 61.3 Å². The molecule has 10 N–H and O–H groups in total. The van der Waals surface area contributed by atoms with E-state index in [1.54, 1.807) is 12.1 Å². The molecule has 0 bridgehead atoms. The van der Waals surface area contributed by atoms with E-state index in [0.717, 1.165) is 47.7 Å². The van der Waals surface area contributed by atoms with Gasteiger partial charge in [0.1, 0.15) is 17.9 Å². The number of rotatable bonds is 14. The Kier molecular flexibility index (Phi) is 12.3. The van der Waals surface area contributed by atoms with Crippen LogP contribution in [0.15, 0.2) is 58.0 Å². The lowest BCUT2D eigenvalue weighted by Gasteiger charge is -2.32. The number of carbonyl (C=O) groups excluding carboxylic acids is 2. The van der Waals surface area contributed by atoms with Crippen LogP contribution in [-0.2, 0) is 20.8 Å². The van der Waals surface area contributed by atoms with Gasteiger partial charge in [-0.1, -0.05) is 71.6 Å². The van der Waals surface area contributed by atoms with Crippen LogP contribution in [0.3, 0.4) is 0 Å². The number of amidine groups is 1. The highest BCUT2D eigenvalue weighted by Gasteiger charge is 2.35. The number of guanidine groups is 1. The molecule has 3 atom stereocenters. The lowest BCUT2D eigenvalue weighted by atomic mass is 9.82. The van der Waals surface area contributed by atoms with Gasteiger partial charge in [-0.3, -0.25) is 20.0 Å². The predicted molar refractivity (Wildman–Crippen MR) is 166 cm³/mol. The molecule has 0 spiro atoms. The molecule has 42 heavy (non-hydrogen) atoms. The minimum absolute atomic E-state index is 0.0416. The fraction of sp³-hybridized carbons (Fsp3) is 0.433. The van der Waals surface area contributed by atoms with Gasteiger partial charge in [0.05, 0.1) is 5.92 Å². The Balaban J connectivity index is 1.84. The van der Waals surface area contributed by atoms with E-state index >= 15 is 0 Å². The molecule has 2 amide bonds. The first-order valence-electron chi connectivity index (χ1n) is 14.1. The van der Waals surface area contributed by atoms with Crippen LogP contribution in [0.2, 0.25) is 0 Å². The number of nitrogens with two attached hydrogens (primary N) is 3. The van der Waals surface area contributed by atoms with Crippen LogP contribution in [0.1, 0.15) is 67.6 Å². The zero-order chi connectivity index (χ0) is 30.6. The van der Waals surface area contributed by atoms with E-state index in [4.69, 9.17) is 22.6 Å². The van der Waals surface area contributed by atoms with Crippen LogP contribution >= 0.6 is 15.9 Å². The maximum absolute atomic E-state index is 14.0. The average molecular weight is 643 g/mol. The number of nitrogen functional groups attached to an aromatic ring is 1. The zero-order valence-corrected chi connectivity index (χ0v) is 25.1. The van der Waals surface area contributed by atoms with Crippen LogP contribution in [0.5, 0.6) is 0 Å². The fourth-order valence-electron chi connectivity index (χ4n) is 5.28. The van der Waals surface area contributed by atoms with Gasteiger partial charge in [-0.15, -0.1) is 0 Å². The van der Waals surface area contributed by atoms with E-state index in [2.05, 4.69) is 31.6 Å². The first-order chi connectivity index (χ1) is 20.0. The van der Waals surface area contributed by atoms with Crippen molar-refractivity contribution in [3.05, 3.63) is 69.7 Å². The number of aliphatic imine (C=N–C) groups is 1. The second kappa shape index (κ2) is 15.9. The van der Waals surface area contributed by atoms with Gasteiger partial charge in [-0.25, -0.2) is 4.79 Å². The third-order valence-corrected chi connectivity index (χ3v) is 8.03. The Morgan fingerprint density at radius 1 is 1.00 bits per heavy atom. The summed E-state index contributed by atoms with van der Waals surface area (Å²) in [5, 5.41) is 23.1. The molecule has 3 rings (SSSR count). The molecule has 12 heteroatoms. The van der Waals surface area contributed by atoms with Gasteiger partial charge >= 0.3 is 5.97 Å². The van der Waals surface area contributed by atoms with Crippen molar-refractivity contribution in [3.8, 4) is 0 Å². The summed E-state index contributed by atoms with van der Waals surface area (Å²) in [7, 11) is 0. The van der Waals surface area contributed by atoms with Crippen molar-refractivity contribution in [2.75, 3.05) is 6.54 Å². The van der Waals surface area contributed by atoms with Gasteiger partial charge in [0.15, 0.2) is 5.96 Å². The minimum atomic E-state index is -1.16. The van der Waals surface area contributed by atoms with Crippen molar-refractivity contribution in [2.24, 2.45) is 28.1 Å². The summed E-state index contributed by atoms with van der Waals surface area (Å²) in [4.78, 5) is 43.4. The molecule has 0 aromatic heterocycles. The van der Waals surface area contributed by atoms with Crippen molar-refractivity contribution in [1.29, 1.82) is 5.41 Å². The molecule has 1 aliphatic carbocycles. The highest BCUT2D eigenvalue weighted by molar-refractivity contribution is 9.10. The minimum Gasteiger partial charge on any atom is -0.480 e. The van der Waals surface area contributed by atoms with Crippen LogP contribution in [0, 0.1) is 11.3 Å². The molecule has 0 radical (unpaired) electrons. The van der Waals surface area contributed by atoms with E-state index in [1.165, 1.54) is 0 Å². The van der Waals surface area contributed by atoms with E-state index in [-0.39, 0.29) is 36.6 Å². The van der Waals surface area contributed by atoms with Gasteiger partial charge in [-0.2, -0.15) is 0 Å². The van der Waals surface area contributed by atoms with Crippen LogP contribution in [0.4, 0.5) is 0 Å². The smallest absolute Gasteiger partial charge is 0.326 e. The maximum atomic E-state index is 14.0. The topological polar surface area (TPSA) is 210 Å². The summed E-state index contributed by atoms with van der Waals surface area (Å²) in [6.07, 6.45) is 5.29. The Morgan fingerprint density at radius 3 is 2.29 bits per heavy atom. The molecule has 226 valence electrons. The molecule has 0 saturated heterocycles. The van der Waals surface area contributed by atoms with Gasteiger partial charge in [0.2, 0.25) is 11.8 Å². The van der Waals surface area contributed by atoms with Gasteiger partial charge in [0, 0.05) is 16.6 Å².